The standard InChI is InChI=1S/C28H31N3O4S2/c1-5-30(19-22-9-7-6-8-10-22)37(33,34)24-13-11-23(12-14-24)27(32)29-28-31(15-16-35-4)25-17-20(2)21(3)18-26(25)36-28/h6-14,17-18H,5,15-16,19H2,1-4H3. The van der Waals surface area contributed by atoms with Crippen molar-refractivity contribution in [2.75, 3.05) is 20.3 Å². The number of sulfonamides is 1. The summed E-state index contributed by atoms with van der Waals surface area (Å²) in [6.07, 6.45) is 0. The molecule has 1 aromatic heterocycles. The Bertz CT molecular complexity index is 1570. The van der Waals surface area contributed by atoms with Crippen LogP contribution in [0.5, 0.6) is 0 Å². The number of carbonyl (C=O) groups is 1. The predicted molar refractivity (Wildman–Crippen MR) is 147 cm³/mol. The van der Waals surface area contributed by atoms with Gasteiger partial charge in [-0.25, -0.2) is 8.42 Å². The van der Waals surface area contributed by atoms with Crippen LogP contribution in [0.15, 0.2) is 76.6 Å². The molecule has 0 aliphatic carbocycles. The summed E-state index contributed by atoms with van der Waals surface area (Å²) >= 11 is 1.45. The number of fused-ring (bicyclic) bond motifs is 1. The van der Waals surface area contributed by atoms with E-state index in [4.69, 9.17) is 4.74 Å². The van der Waals surface area contributed by atoms with Crippen molar-refractivity contribution in [2.45, 2.75) is 38.8 Å². The van der Waals surface area contributed by atoms with Crippen molar-refractivity contribution in [3.8, 4) is 0 Å². The van der Waals surface area contributed by atoms with Crippen molar-refractivity contribution in [1.82, 2.24) is 8.87 Å². The Labute approximate surface area is 221 Å². The highest BCUT2D eigenvalue weighted by Crippen LogP contribution is 2.23. The summed E-state index contributed by atoms with van der Waals surface area (Å²) in [5.41, 5.74) is 4.59. The Morgan fingerprint density at radius 3 is 2.35 bits per heavy atom. The Balaban J connectivity index is 1.63. The fraction of sp³-hybridized carbons (Fsp3) is 0.286. The zero-order valence-corrected chi connectivity index (χ0v) is 23.1. The minimum absolute atomic E-state index is 0.143. The van der Waals surface area contributed by atoms with Crippen molar-refractivity contribution in [3.63, 3.8) is 0 Å². The van der Waals surface area contributed by atoms with Crippen molar-refractivity contribution in [2.24, 2.45) is 4.99 Å². The molecule has 1 amide bonds. The van der Waals surface area contributed by atoms with Crippen LogP contribution in [-0.4, -0.2) is 43.5 Å². The van der Waals surface area contributed by atoms with Gasteiger partial charge in [0, 0.05) is 32.3 Å². The second-order valence-corrected chi connectivity index (χ2v) is 11.7. The molecule has 194 valence electrons. The second-order valence-electron chi connectivity index (χ2n) is 8.79. The summed E-state index contributed by atoms with van der Waals surface area (Å²) in [4.78, 5) is 18.2. The van der Waals surface area contributed by atoms with Gasteiger partial charge in [-0.2, -0.15) is 9.30 Å². The summed E-state index contributed by atoms with van der Waals surface area (Å²) in [5, 5.41) is 0. The lowest BCUT2D eigenvalue weighted by molar-refractivity contribution is 0.0997. The number of hydrogen-bond donors (Lipinski definition) is 0. The highest BCUT2D eigenvalue weighted by molar-refractivity contribution is 7.89. The molecule has 0 saturated heterocycles. The third-order valence-electron chi connectivity index (χ3n) is 6.31. The maximum Gasteiger partial charge on any atom is 0.279 e. The first kappa shape index (κ1) is 26.9. The van der Waals surface area contributed by atoms with E-state index in [0.29, 0.717) is 30.1 Å². The van der Waals surface area contributed by atoms with E-state index in [9.17, 15) is 13.2 Å². The third kappa shape index (κ3) is 5.91. The number of methoxy groups -OCH3 is 1. The van der Waals surface area contributed by atoms with Crippen LogP contribution in [0, 0.1) is 13.8 Å². The molecule has 4 rings (SSSR count). The van der Waals surface area contributed by atoms with Gasteiger partial charge in [0.25, 0.3) is 5.91 Å². The van der Waals surface area contributed by atoms with Gasteiger partial charge >= 0.3 is 0 Å². The molecule has 0 aliphatic rings. The number of benzene rings is 3. The average molecular weight is 538 g/mol. The molecule has 9 heteroatoms. The molecule has 3 aromatic carbocycles. The number of carbonyl (C=O) groups excluding carboxylic acids is 1. The van der Waals surface area contributed by atoms with E-state index in [1.165, 1.54) is 51.0 Å². The first-order valence-electron chi connectivity index (χ1n) is 12.1. The van der Waals surface area contributed by atoms with Gasteiger partial charge < -0.3 is 9.30 Å². The highest BCUT2D eigenvalue weighted by atomic mass is 32.2. The van der Waals surface area contributed by atoms with Gasteiger partial charge in [-0.3, -0.25) is 4.79 Å². The minimum atomic E-state index is -3.72. The van der Waals surface area contributed by atoms with E-state index >= 15 is 0 Å². The molecule has 0 atom stereocenters. The van der Waals surface area contributed by atoms with E-state index in [-0.39, 0.29) is 11.4 Å². The number of aromatic nitrogens is 1. The topological polar surface area (TPSA) is 81.0 Å². The number of rotatable bonds is 9. The number of aryl methyl sites for hydroxylation is 2. The normalized spacial score (nSPS) is 12.5. The predicted octanol–water partition coefficient (Wildman–Crippen LogP) is 4.92. The summed E-state index contributed by atoms with van der Waals surface area (Å²) in [6.45, 7) is 7.60. The molecule has 0 bridgehead atoms. The van der Waals surface area contributed by atoms with Crippen LogP contribution in [0.3, 0.4) is 0 Å². The van der Waals surface area contributed by atoms with Crippen molar-refractivity contribution >= 4 is 37.5 Å². The van der Waals surface area contributed by atoms with Crippen molar-refractivity contribution in [1.29, 1.82) is 0 Å². The van der Waals surface area contributed by atoms with E-state index in [2.05, 4.69) is 31.0 Å². The molecular formula is C28H31N3O4S2. The molecule has 0 N–H and O–H groups in total. The van der Waals surface area contributed by atoms with Gasteiger partial charge in [-0.05, 0) is 66.9 Å². The van der Waals surface area contributed by atoms with E-state index < -0.39 is 15.9 Å². The SMILES string of the molecule is CCN(Cc1ccccc1)S(=O)(=O)c1ccc(C(=O)N=c2sc3cc(C)c(C)cc3n2CCOC)cc1. The number of nitrogens with zero attached hydrogens (tertiary/aromatic N) is 3. The van der Waals surface area contributed by atoms with E-state index in [0.717, 1.165) is 15.8 Å². The van der Waals surface area contributed by atoms with E-state index in [1.54, 1.807) is 7.11 Å². The lowest BCUT2D eigenvalue weighted by atomic mass is 10.1. The molecule has 7 nitrogen and oxygen atoms in total. The van der Waals surface area contributed by atoms with Crippen LogP contribution >= 0.6 is 11.3 Å². The van der Waals surface area contributed by atoms with Gasteiger partial charge in [0.2, 0.25) is 10.0 Å². The Morgan fingerprint density at radius 2 is 1.70 bits per heavy atom. The lowest BCUT2D eigenvalue weighted by Gasteiger charge is -2.20. The Morgan fingerprint density at radius 1 is 1.03 bits per heavy atom. The molecule has 0 spiro atoms. The molecular weight excluding hydrogens is 506 g/mol. The van der Waals surface area contributed by atoms with Crippen LogP contribution in [0.1, 0.15) is 34.0 Å². The first-order chi connectivity index (χ1) is 17.7. The second kappa shape index (κ2) is 11.5. The van der Waals surface area contributed by atoms with Crippen molar-refractivity contribution < 1.29 is 17.9 Å². The molecule has 1 heterocycles. The van der Waals surface area contributed by atoms with Crippen LogP contribution in [-0.2, 0) is 27.8 Å². The third-order valence-corrected chi connectivity index (χ3v) is 9.28. The minimum Gasteiger partial charge on any atom is -0.383 e. The van der Waals surface area contributed by atoms with Gasteiger partial charge in [0.15, 0.2) is 4.80 Å². The number of thiazole rings is 1. The molecule has 0 unspecified atom stereocenters. The molecule has 0 aliphatic heterocycles. The molecule has 0 saturated carbocycles. The smallest absolute Gasteiger partial charge is 0.279 e. The molecule has 0 radical (unpaired) electrons. The van der Waals surface area contributed by atoms with Crippen LogP contribution in [0.25, 0.3) is 10.2 Å². The quantitative estimate of drug-likeness (QED) is 0.304. The van der Waals surface area contributed by atoms with E-state index in [1.807, 2.05) is 41.8 Å². The van der Waals surface area contributed by atoms with Crippen LogP contribution in [0.2, 0.25) is 0 Å². The number of ether oxygens (including phenoxy) is 1. The number of hydrogen-bond acceptors (Lipinski definition) is 5. The monoisotopic (exact) mass is 537 g/mol. The van der Waals surface area contributed by atoms with Crippen LogP contribution in [0.4, 0.5) is 0 Å². The highest BCUT2D eigenvalue weighted by Gasteiger charge is 2.23. The average Bonchev–Trinajstić information content (AvgIpc) is 3.21. The van der Waals surface area contributed by atoms with Crippen molar-refractivity contribution in [3.05, 3.63) is 93.8 Å². The fourth-order valence-electron chi connectivity index (χ4n) is 4.03. The maximum absolute atomic E-state index is 13.2. The Hall–Kier alpha value is -3.11. The summed E-state index contributed by atoms with van der Waals surface area (Å²) in [6, 6.07) is 19.7. The van der Waals surface area contributed by atoms with Crippen LogP contribution < -0.4 is 4.80 Å². The fourth-order valence-corrected chi connectivity index (χ4v) is 6.60. The molecule has 0 fully saturated rings. The number of amides is 1. The zero-order valence-electron chi connectivity index (χ0n) is 21.5. The summed E-state index contributed by atoms with van der Waals surface area (Å²) in [7, 11) is -2.08. The first-order valence-corrected chi connectivity index (χ1v) is 14.3. The zero-order chi connectivity index (χ0) is 26.6. The van der Waals surface area contributed by atoms with Gasteiger partial charge in [-0.15, -0.1) is 0 Å². The molecule has 4 aromatic rings. The summed E-state index contributed by atoms with van der Waals surface area (Å²) in [5.74, 6) is -0.424. The van der Waals surface area contributed by atoms with Gasteiger partial charge in [-0.1, -0.05) is 48.6 Å². The maximum atomic E-state index is 13.2. The summed E-state index contributed by atoms with van der Waals surface area (Å²) < 4.78 is 36.2. The van der Waals surface area contributed by atoms with Gasteiger partial charge in [0.1, 0.15) is 0 Å². The Kier molecular flexibility index (Phi) is 8.39. The largest absolute Gasteiger partial charge is 0.383 e. The molecule has 37 heavy (non-hydrogen) atoms. The van der Waals surface area contributed by atoms with Gasteiger partial charge in [0.05, 0.1) is 21.7 Å². The lowest BCUT2D eigenvalue weighted by Crippen LogP contribution is -2.30.